The van der Waals surface area contributed by atoms with E-state index >= 15 is 0 Å². The quantitative estimate of drug-likeness (QED) is 0.811. The molecule has 0 saturated carbocycles. The maximum absolute atomic E-state index is 12.9. The smallest absolute Gasteiger partial charge is 0.321 e. The number of Topliss-reactive ketones (excluding diaryl/α,β-unsaturated/α-hetero) is 1. The Labute approximate surface area is 98.4 Å². The second-order valence-corrected chi connectivity index (χ2v) is 3.97. The fourth-order valence-electron chi connectivity index (χ4n) is 1.73. The van der Waals surface area contributed by atoms with Gasteiger partial charge in [0.05, 0.1) is 0 Å². The predicted molar refractivity (Wildman–Crippen MR) is 61.2 cm³/mol. The highest BCUT2D eigenvalue weighted by Gasteiger charge is 2.20. The zero-order valence-electron chi connectivity index (χ0n) is 9.28. The summed E-state index contributed by atoms with van der Waals surface area (Å²) in [6.07, 6.45) is 0.799. The van der Waals surface area contributed by atoms with Gasteiger partial charge in [-0.05, 0) is 18.2 Å². The molecule has 2 rings (SSSR count). The zero-order valence-corrected chi connectivity index (χ0v) is 9.28. The highest BCUT2D eigenvalue weighted by molar-refractivity contribution is 5.91. The predicted octanol–water partition coefficient (Wildman–Crippen LogP) is 2.02. The molecular formula is C12H13FN2O2. The van der Waals surface area contributed by atoms with Gasteiger partial charge in [-0.3, -0.25) is 4.79 Å². The largest absolute Gasteiger partial charge is 0.324 e. The summed E-state index contributed by atoms with van der Waals surface area (Å²) in [5.74, 6) is -0.212. The highest BCUT2D eigenvalue weighted by atomic mass is 19.1. The Morgan fingerprint density at radius 3 is 2.65 bits per heavy atom. The number of urea groups is 1. The molecule has 1 saturated heterocycles. The van der Waals surface area contributed by atoms with Crippen LogP contribution in [0.25, 0.3) is 0 Å². The third kappa shape index (κ3) is 3.03. The normalized spacial score (nSPS) is 15.8. The third-order valence-corrected chi connectivity index (χ3v) is 2.68. The number of rotatable bonds is 1. The Morgan fingerprint density at radius 2 is 2.00 bits per heavy atom. The molecule has 0 bridgehead atoms. The van der Waals surface area contributed by atoms with Crippen molar-refractivity contribution in [2.24, 2.45) is 0 Å². The number of carbonyl (C=O) groups excluding carboxylic acids is 2. The number of hydrogen-bond acceptors (Lipinski definition) is 2. The van der Waals surface area contributed by atoms with Crippen LogP contribution in [0.15, 0.2) is 24.3 Å². The van der Waals surface area contributed by atoms with Crippen LogP contribution in [0.5, 0.6) is 0 Å². The molecule has 1 fully saturated rings. The molecule has 1 aliphatic heterocycles. The summed E-state index contributed by atoms with van der Waals surface area (Å²) in [4.78, 5) is 24.4. The van der Waals surface area contributed by atoms with Crippen molar-refractivity contribution >= 4 is 17.5 Å². The molecule has 2 amide bonds. The Morgan fingerprint density at radius 1 is 1.29 bits per heavy atom. The van der Waals surface area contributed by atoms with E-state index in [-0.39, 0.29) is 11.8 Å². The molecule has 4 nitrogen and oxygen atoms in total. The van der Waals surface area contributed by atoms with Crippen molar-refractivity contribution < 1.29 is 14.0 Å². The van der Waals surface area contributed by atoms with E-state index in [9.17, 15) is 14.0 Å². The molecule has 0 radical (unpaired) electrons. The molecule has 1 aliphatic rings. The van der Waals surface area contributed by atoms with Gasteiger partial charge >= 0.3 is 6.03 Å². The third-order valence-electron chi connectivity index (χ3n) is 2.68. The minimum Gasteiger partial charge on any atom is -0.324 e. The van der Waals surface area contributed by atoms with Crippen molar-refractivity contribution in [2.75, 3.05) is 18.4 Å². The summed E-state index contributed by atoms with van der Waals surface area (Å²) >= 11 is 0. The van der Waals surface area contributed by atoms with Crippen LogP contribution in [0.3, 0.4) is 0 Å². The van der Waals surface area contributed by atoms with E-state index in [1.165, 1.54) is 18.2 Å². The van der Waals surface area contributed by atoms with Crippen molar-refractivity contribution in [1.29, 1.82) is 0 Å². The minimum atomic E-state index is -0.392. The fraction of sp³-hybridized carbons (Fsp3) is 0.333. The first-order valence-electron chi connectivity index (χ1n) is 5.48. The van der Waals surface area contributed by atoms with Gasteiger partial charge in [0.15, 0.2) is 0 Å². The first-order chi connectivity index (χ1) is 8.15. The van der Waals surface area contributed by atoms with Gasteiger partial charge < -0.3 is 10.2 Å². The van der Waals surface area contributed by atoms with Crippen LogP contribution in [0.2, 0.25) is 0 Å². The van der Waals surface area contributed by atoms with Crippen molar-refractivity contribution in [3.8, 4) is 0 Å². The number of carbonyl (C=O) groups is 2. The number of nitrogens with one attached hydrogen (secondary N) is 1. The van der Waals surface area contributed by atoms with Crippen LogP contribution in [-0.2, 0) is 4.79 Å². The summed E-state index contributed by atoms with van der Waals surface area (Å²) in [5, 5.41) is 2.60. The van der Waals surface area contributed by atoms with E-state index < -0.39 is 5.82 Å². The molecule has 0 atom stereocenters. The summed E-state index contributed by atoms with van der Waals surface area (Å²) in [5.41, 5.74) is 0.423. The summed E-state index contributed by atoms with van der Waals surface area (Å²) in [7, 11) is 0. The average Bonchev–Trinajstić information content (AvgIpc) is 2.29. The topological polar surface area (TPSA) is 49.4 Å². The lowest BCUT2D eigenvalue weighted by molar-refractivity contribution is -0.120. The number of amides is 2. The van der Waals surface area contributed by atoms with Crippen molar-refractivity contribution in [3.05, 3.63) is 30.1 Å². The van der Waals surface area contributed by atoms with E-state index in [1.54, 1.807) is 11.0 Å². The summed E-state index contributed by atoms with van der Waals surface area (Å²) < 4.78 is 12.9. The van der Waals surface area contributed by atoms with Crippen molar-refractivity contribution in [1.82, 2.24) is 4.90 Å². The molecular weight excluding hydrogens is 223 g/mol. The number of likely N-dealkylation sites (tertiary alicyclic amines) is 1. The maximum atomic E-state index is 12.9. The maximum Gasteiger partial charge on any atom is 0.321 e. The van der Waals surface area contributed by atoms with Crippen LogP contribution in [0, 0.1) is 5.82 Å². The lowest BCUT2D eigenvalue weighted by Crippen LogP contribution is -2.41. The van der Waals surface area contributed by atoms with Crippen LogP contribution >= 0.6 is 0 Å². The molecule has 17 heavy (non-hydrogen) atoms. The Bertz CT molecular complexity index is 438. The number of halogens is 1. The number of benzene rings is 1. The van der Waals surface area contributed by atoms with Gasteiger partial charge in [0.2, 0.25) is 0 Å². The molecule has 0 aromatic heterocycles. The molecule has 1 heterocycles. The standard InChI is InChI=1S/C12H13FN2O2/c13-9-2-1-3-10(8-9)14-12(17)15-6-4-11(16)5-7-15/h1-3,8H,4-7H2,(H,14,17). The van der Waals surface area contributed by atoms with Crippen molar-refractivity contribution in [2.45, 2.75) is 12.8 Å². The van der Waals surface area contributed by atoms with Gasteiger partial charge in [0, 0.05) is 31.6 Å². The molecule has 1 aromatic rings. The van der Waals surface area contributed by atoms with Crippen LogP contribution in [0.4, 0.5) is 14.9 Å². The molecule has 0 aliphatic carbocycles. The lowest BCUT2D eigenvalue weighted by Gasteiger charge is -2.26. The lowest BCUT2D eigenvalue weighted by atomic mass is 10.1. The Kier molecular flexibility index (Phi) is 3.37. The monoisotopic (exact) mass is 236 g/mol. The number of ketones is 1. The molecule has 5 heteroatoms. The Hall–Kier alpha value is -1.91. The molecule has 1 N–H and O–H groups in total. The number of piperidine rings is 1. The van der Waals surface area contributed by atoms with Gasteiger partial charge in [-0.15, -0.1) is 0 Å². The molecule has 90 valence electrons. The van der Waals surface area contributed by atoms with E-state index in [1.807, 2.05) is 0 Å². The zero-order chi connectivity index (χ0) is 12.3. The van der Waals surface area contributed by atoms with E-state index in [0.29, 0.717) is 31.6 Å². The van der Waals surface area contributed by atoms with Gasteiger partial charge in [-0.2, -0.15) is 0 Å². The minimum absolute atomic E-state index is 0.180. The van der Waals surface area contributed by atoms with E-state index in [0.717, 1.165) is 0 Å². The number of hydrogen-bond donors (Lipinski definition) is 1. The number of anilines is 1. The SMILES string of the molecule is O=C1CCN(C(=O)Nc2cccc(F)c2)CC1. The molecule has 1 aromatic carbocycles. The van der Waals surface area contributed by atoms with Crippen LogP contribution in [-0.4, -0.2) is 29.8 Å². The van der Waals surface area contributed by atoms with E-state index in [4.69, 9.17) is 0 Å². The summed E-state index contributed by atoms with van der Waals surface area (Å²) in [6.45, 7) is 0.861. The second-order valence-electron chi connectivity index (χ2n) is 3.97. The average molecular weight is 236 g/mol. The fourth-order valence-corrected chi connectivity index (χ4v) is 1.73. The highest BCUT2D eigenvalue weighted by Crippen LogP contribution is 2.12. The second kappa shape index (κ2) is 4.95. The summed E-state index contributed by atoms with van der Waals surface area (Å²) in [6, 6.07) is 5.44. The molecule has 0 spiro atoms. The van der Waals surface area contributed by atoms with Crippen molar-refractivity contribution in [3.63, 3.8) is 0 Å². The van der Waals surface area contributed by atoms with E-state index in [2.05, 4.69) is 5.32 Å². The molecule has 0 unspecified atom stereocenters. The Balaban J connectivity index is 1.95. The van der Waals surface area contributed by atoms with Crippen LogP contribution < -0.4 is 5.32 Å². The van der Waals surface area contributed by atoms with Gasteiger partial charge in [0.25, 0.3) is 0 Å². The first kappa shape index (κ1) is 11.6. The van der Waals surface area contributed by atoms with Crippen LogP contribution in [0.1, 0.15) is 12.8 Å². The number of nitrogens with zero attached hydrogens (tertiary/aromatic N) is 1. The van der Waals surface area contributed by atoms with Gasteiger partial charge in [0.1, 0.15) is 11.6 Å². The van der Waals surface area contributed by atoms with Gasteiger partial charge in [-0.25, -0.2) is 9.18 Å². The first-order valence-corrected chi connectivity index (χ1v) is 5.48. The van der Waals surface area contributed by atoms with Gasteiger partial charge in [-0.1, -0.05) is 6.07 Å².